The van der Waals surface area contributed by atoms with E-state index in [-0.39, 0.29) is 25.1 Å². The Morgan fingerprint density at radius 1 is 1.25 bits per heavy atom. The van der Waals surface area contributed by atoms with Crippen molar-refractivity contribution in [2.45, 2.75) is 32.2 Å². The Balaban J connectivity index is 2.74. The fraction of sp³-hybridized carbons (Fsp3) is 0.571. The van der Waals surface area contributed by atoms with E-state index in [2.05, 4.69) is 4.72 Å². The highest BCUT2D eigenvalue weighted by Gasteiger charge is 2.22. The summed E-state index contributed by atoms with van der Waals surface area (Å²) in [5.41, 5.74) is 1.02. The van der Waals surface area contributed by atoms with Crippen LogP contribution in [0, 0.1) is 0 Å². The molecule has 1 aromatic rings. The predicted octanol–water partition coefficient (Wildman–Crippen LogP) is 1.33. The van der Waals surface area contributed by atoms with E-state index in [4.69, 9.17) is 5.11 Å². The number of benzene rings is 1. The summed E-state index contributed by atoms with van der Waals surface area (Å²) < 4.78 is 28.0. The number of hydrogen-bond acceptors (Lipinski definition) is 3. The van der Waals surface area contributed by atoms with Crippen molar-refractivity contribution in [2.75, 3.05) is 20.2 Å². The van der Waals surface area contributed by atoms with Crippen LogP contribution >= 0.6 is 0 Å². The van der Waals surface area contributed by atoms with Crippen LogP contribution in [0.1, 0.15) is 31.7 Å². The van der Waals surface area contributed by atoms with E-state index in [0.29, 0.717) is 6.42 Å². The van der Waals surface area contributed by atoms with Gasteiger partial charge < -0.3 is 5.11 Å². The molecule has 0 fully saturated rings. The van der Waals surface area contributed by atoms with E-state index in [1.54, 1.807) is 7.05 Å². The summed E-state index contributed by atoms with van der Waals surface area (Å²) in [6.45, 7) is 3.95. The van der Waals surface area contributed by atoms with Gasteiger partial charge in [-0.25, -0.2) is 4.72 Å². The minimum absolute atomic E-state index is 0.0291. The molecule has 0 saturated carbocycles. The second-order valence-electron chi connectivity index (χ2n) is 5.08. The highest BCUT2D eigenvalue weighted by molar-refractivity contribution is 7.87. The molecule has 0 amide bonds. The van der Waals surface area contributed by atoms with Crippen molar-refractivity contribution in [1.29, 1.82) is 0 Å². The van der Waals surface area contributed by atoms with E-state index in [1.165, 1.54) is 4.31 Å². The van der Waals surface area contributed by atoms with E-state index in [0.717, 1.165) is 5.56 Å². The molecule has 0 aliphatic rings. The summed E-state index contributed by atoms with van der Waals surface area (Å²) in [4.78, 5) is 0. The van der Waals surface area contributed by atoms with E-state index < -0.39 is 10.2 Å². The van der Waals surface area contributed by atoms with Crippen LogP contribution in [0.15, 0.2) is 30.3 Å². The molecule has 0 aliphatic heterocycles. The van der Waals surface area contributed by atoms with Crippen molar-refractivity contribution < 1.29 is 13.5 Å². The van der Waals surface area contributed by atoms with Gasteiger partial charge in [0.2, 0.25) is 0 Å². The molecule has 0 heterocycles. The van der Waals surface area contributed by atoms with Crippen LogP contribution in [0.5, 0.6) is 0 Å². The molecule has 0 spiro atoms. The van der Waals surface area contributed by atoms with Gasteiger partial charge in [-0.2, -0.15) is 12.7 Å². The Kier molecular flexibility index (Phi) is 6.61. The lowest BCUT2D eigenvalue weighted by molar-refractivity contribution is 0.275. The third kappa shape index (κ3) is 4.86. The monoisotopic (exact) mass is 300 g/mol. The van der Waals surface area contributed by atoms with Crippen LogP contribution in [0.4, 0.5) is 0 Å². The van der Waals surface area contributed by atoms with Crippen molar-refractivity contribution in [3.63, 3.8) is 0 Å². The minimum atomic E-state index is -3.48. The molecule has 5 nitrogen and oxygen atoms in total. The Bertz CT molecular complexity index is 488. The van der Waals surface area contributed by atoms with Gasteiger partial charge in [0.25, 0.3) is 10.2 Å². The highest BCUT2D eigenvalue weighted by Crippen LogP contribution is 2.18. The third-order valence-electron chi connectivity index (χ3n) is 3.37. The smallest absolute Gasteiger partial charge is 0.279 e. The number of nitrogens with zero attached hydrogens (tertiary/aromatic N) is 1. The van der Waals surface area contributed by atoms with Crippen molar-refractivity contribution in [3.8, 4) is 0 Å². The van der Waals surface area contributed by atoms with Gasteiger partial charge >= 0.3 is 0 Å². The first-order valence-corrected chi connectivity index (χ1v) is 8.21. The van der Waals surface area contributed by atoms with Gasteiger partial charge in [-0.05, 0) is 31.7 Å². The molecule has 6 heteroatoms. The fourth-order valence-electron chi connectivity index (χ4n) is 1.85. The van der Waals surface area contributed by atoms with Crippen LogP contribution in [0.2, 0.25) is 0 Å². The normalized spacial score (nSPS) is 13.9. The lowest BCUT2D eigenvalue weighted by Crippen LogP contribution is -2.43. The number of nitrogens with one attached hydrogen (secondary N) is 1. The van der Waals surface area contributed by atoms with Gasteiger partial charge in [-0.3, -0.25) is 0 Å². The van der Waals surface area contributed by atoms with Crippen LogP contribution in [-0.4, -0.2) is 44.1 Å². The van der Waals surface area contributed by atoms with Gasteiger partial charge in [0.05, 0.1) is 0 Å². The molecule has 2 N–H and O–H groups in total. The molecule has 0 aromatic heterocycles. The largest absolute Gasteiger partial charge is 0.396 e. The molecule has 1 rings (SSSR count). The molecule has 0 saturated heterocycles. The second kappa shape index (κ2) is 7.73. The standard InChI is InChI=1S/C14H24N2O3S/c1-12(2)16(3)20(18,19)15-11-14(9-10-17)13-7-5-4-6-8-13/h4-8,12,14-15,17H,9-11H2,1-3H3. The van der Waals surface area contributed by atoms with Crippen molar-refractivity contribution in [3.05, 3.63) is 35.9 Å². The van der Waals surface area contributed by atoms with Gasteiger partial charge in [0.15, 0.2) is 0 Å². The van der Waals surface area contributed by atoms with Crippen LogP contribution < -0.4 is 4.72 Å². The molecule has 114 valence electrons. The first-order valence-electron chi connectivity index (χ1n) is 6.77. The summed E-state index contributed by atoms with van der Waals surface area (Å²) in [6.07, 6.45) is 0.526. The maximum Gasteiger partial charge on any atom is 0.279 e. The van der Waals surface area contributed by atoms with E-state index >= 15 is 0 Å². The van der Waals surface area contributed by atoms with Crippen LogP contribution in [-0.2, 0) is 10.2 Å². The Morgan fingerprint density at radius 3 is 2.35 bits per heavy atom. The Labute approximate surface area is 121 Å². The summed E-state index contributed by atoms with van der Waals surface area (Å²) in [6, 6.07) is 9.53. The molecular weight excluding hydrogens is 276 g/mol. The van der Waals surface area contributed by atoms with E-state index in [9.17, 15) is 8.42 Å². The minimum Gasteiger partial charge on any atom is -0.396 e. The quantitative estimate of drug-likeness (QED) is 0.761. The first-order chi connectivity index (χ1) is 9.38. The van der Waals surface area contributed by atoms with Crippen molar-refractivity contribution >= 4 is 10.2 Å². The summed E-state index contributed by atoms with van der Waals surface area (Å²) in [7, 11) is -1.93. The van der Waals surface area contributed by atoms with Gasteiger partial charge in [0, 0.05) is 26.2 Å². The summed E-state index contributed by atoms with van der Waals surface area (Å²) in [5.74, 6) is -0.0310. The lowest BCUT2D eigenvalue weighted by atomic mass is 9.96. The van der Waals surface area contributed by atoms with Crippen LogP contribution in [0.25, 0.3) is 0 Å². The number of hydrogen-bond donors (Lipinski definition) is 2. The number of aliphatic hydroxyl groups excluding tert-OH is 1. The first kappa shape index (κ1) is 17.1. The van der Waals surface area contributed by atoms with Crippen molar-refractivity contribution in [2.24, 2.45) is 0 Å². The average molecular weight is 300 g/mol. The SMILES string of the molecule is CC(C)N(C)S(=O)(=O)NCC(CCO)c1ccccc1. The van der Waals surface area contributed by atoms with Gasteiger partial charge in [-0.15, -0.1) is 0 Å². The maximum absolute atomic E-state index is 12.1. The third-order valence-corrected chi connectivity index (χ3v) is 5.08. The van der Waals surface area contributed by atoms with Gasteiger partial charge in [-0.1, -0.05) is 30.3 Å². The van der Waals surface area contributed by atoms with Gasteiger partial charge in [0.1, 0.15) is 0 Å². The zero-order valence-electron chi connectivity index (χ0n) is 12.3. The zero-order valence-corrected chi connectivity index (χ0v) is 13.1. The highest BCUT2D eigenvalue weighted by atomic mass is 32.2. The van der Waals surface area contributed by atoms with E-state index in [1.807, 2.05) is 44.2 Å². The lowest BCUT2D eigenvalue weighted by Gasteiger charge is -2.23. The molecule has 0 aliphatic carbocycles. The molecule has 0 radical (unpaired) electrons. The topological polar surface area (TPSA) is 69.6 Å². The average Bonchev–Trinajstić information content (AvgIpc) is 2.43. The van der Waals surface area contributed by atoms with Crippen molar-refractivity contribution in [1.82, 2.24) is 9.03 Å². The second-order valence-corrected chi connectivity index (χ2v) is 6.90. The number of aliphatic hydroxyl groups is 1. The summed E-state index contributed by atoms with van der Waals surface area (Å²) >= 11 is 0. The summed E-state index contributed by atoms with van der Waals surface area (Å²) in [5, 5.41) is 9.14. The Hall–Kier alpha value is -0.950. The number of rotatable bonds is 8. The predicted molar refractivity (Wildman–Crippen MR) is 80.7 cm³/mol. The molecular formula is C14H24N2O3S. The fourth-order valence-corrected chi connectivity index (χ4v) is 3.02. The Morgan fingerprint density at radius 2 is 1.85 bits per heavy atom. The molecule has 1 unspecified atom stereocenters. The zero-order chi connectivity index (χ0) is 15.2. The maximum atomic E-state index is 12.1. The molecule has 1 aromatic carbocycles. The van der Waals surface area contributed by atoms with Crippen LogP contribution in [0.3, 0.4) is 0 Å². The molecule has 1 atom stereocenters. The molecule has 0 bridgehead atoms. The molecule has 20 heavy (non-hydrogen) atoms.